The highest BCUT2D eigenvalue weighted by Gasteiger charge is 2.32. The third-order valence-corrected chi connectivity index (χ3v) is 4.04. The van der Waals surface area contributed by atoms with E-state index in [1.165, 1.54) is 0 Å². The number of carbonyl (C=O) groups is 1. The van der Waals surface area contributed by atoms with Crippen molar-refractivity contribution in [2.75, 3.05) is 31.2 Å². The van der Waals surface area contributed by atoms with Crippen LogP contribution in [0.5, 0.6) is 0 Å². The lowest BCUT2D eigenvalue weighted by Crippen LogP contribution is -2.42. The molecule has 0 unspecified atom stereocenters. The molecule has 1 amide bonds. The van der Waals surface area contributed by atoms with Crippen LogP contribution in [0.1, 0.15) is 31.2 Å². The molecule has 4 N–H and O–H groups in total. The zero-order valence-electron chi connectivity index (χ0n) is 12.9. The molecule has 0 radical (unpaired) electrons. The smallest absolute Gasteiger partial charge is 0.238 e. The van der Waals surface area contributed by atoms with Crippen LogP contribution in [0.3, 0.4) is 0 Å². The van der Waals surface area contributed by atoms with Crippen LogP contribution in [0.15, 0.2) is 18.2 Å². The van der Waals surface area contributed by atoms with Crippen molar-refractivity contribution < 1.29 is 9.90 Å². The Morgan fingerprint density at radius 2 is 2.10 bits per heavy atom. The largest absolute Gasteiger partial charge is 0.399 e. The minimum atomic E-state index is -0.619. The third kappa shape index (κ3) is 4.44. The Morgan fingerprint density at radius 1 is 1.43 bits per heavy atom. The highest BCUT2D eigenvalue weighted by atomic mass is 16.3. The van der Waals surface area contributed by atoms with E-state index >= 15 is 0 Å². The number of likely N-dealkylation sites (N-methyl/N-ethyl adjacent to an activating group) is 1. The summed E-state index contributed by atoms with van der Waals surface area (Å²) in [6, 6.07) is 5.42. The van der Waals surface area contributed by atoms with E-state index in [1.54, 1.807) is 6.07 Å². The first-order valence-corrected chi connectivity index (χ1v) is 7.45. The number of aliphatic hydroxyl groups is 1. The van der Waals surface area contributed by atoms with Gasteiger partial charge in [-0.05, 0) is 50.6 Å². The number of carbonyl (C=O) groups excluding carboxylic acids is 1. The Hall–Kier alpha value is -1.59. The lowest BCUT2D eigenvalue weighted by molar-refractivity contribution is -0.117. The molecule has 1 aliphatic carbocycles. The Morgan fingerprint density at radius 3 is 2.71 bits per heavy atom. The van der Waals surface area contributed by atoms with E-state index in [0.29, 0.717) is 12.2 Å². The second-order valence-electron chi connectivity index (χ2n) is 6.23. The molecular formula is C16H25N3O2. The summed E-state index contributed by atoms with van der Waals surface area (Å²) in [5.41, 5.74) is 7.49. The maximum absolute atomic E-state index is 12.1. The van der Waals surface area contributed by atoms with Crippen LogP contribution in [0, 0.1) is 6.92 Å². The average Bonchev–Trinajstić information content (AvgIpc) is 2.78. The van der Waals surface area contributed by atoms with Crippen molar-refractivity contribution in [1.82, 2.24) is 4.90 Å². The Bertz CT molecular complexity index is 510. The number of rotatable bonds is 5. The number of nitrogen functional groups attached to an aromatic ring is 1. The van der Waals surface area contributed by atoms with Crippen LogP contribution >= 0.6 is 0 Å². The van der Waals surface area contributed by atoms with Crippen molar-refractivity contribution >= 4 is 17.3 Å². The summed E-state index contributed by atoms with van der Waals surface area (Å²) >= 11 is 0. The lowest BCUT2D eigenvalue weighted by Gasteiger charge is -2.28. The zero-order valence-corrected chi connectivity index (χ0v) is 12.9. The van der Waals surface area contributed by atoms with Crippen molar-refractivity contribution in [3.63, 3.8) is 0 Å². The maximum Gasteiger partial charge on any atom is 0.238 e. The second kappa shape index (κ2) is 6.45. The molecule has 0 spiro atoms. The average molecular weight is 291 g/mol. The van der Waals surface area contributed by atoms with Crippen molar-refractivity contribution in [1.29, 1.82) is 0 Å². The van der Waals surface area contributed by atoms with Crippen LogP contribution in [0.4, 0.5) is 11.4 Å². The van der Waals surface area contributed by atoms with Gasteiger partial charge in [0.1, 0.15) is 0 Å². The number of hydrogen-bond acceptors (Lipinski definition) is 4. The molecule has 116 valence electrons. The molecule has 5 nitrogen and oxygen atoms in total. The van der Waals surface area contributed by atoms with Crippen LogP contribution in [0.25, 0.3) is 0 Å². The quantitative estimate of drug-likeness (QED) is 0.722. The Balaban J connectivity index is 1.86. The van der Waals surface area contributed by atoms with Crippen molar-refractivity contribution in [3.05, 3.63) is 23.8 Å². The van der Waals surface area contributed by atoms with Gasteiger partial charge in [-0.3, -0.25) is 9.69 Å². The van der Waals surface area contributed by atoms with E-state index in [2.05, 4.69) is 5.32 Å². The fourth-order valence-corrected chi connectivity index (χ4v) is 3.01. The number of hydrogen-bond donors (Lipinski definition) is 3. The molecule has 21 heavy (non-hydrogen) atoms. The summed E-state index contributed by atoms with van der Waals surface area (Å²) in [7, 11) is 1.87. The lowest BCUT2D eigenvalue weighted by atomic mass is 10.0. The Kier molecular flexibility index (Phi) is 4.85. The van der Waals surface area contributed by atoms with E-state index in [4.69, 9.17) is 5.73 Å². The first kappa shape index (κ1) is 15.8. The van der Waals surface area contributed by atoms with Gasteiger partial charge in [0.05, 0.1) is 12.1 Å². The number of nitrogens with two attached hydrogens (primary N) is 1. The van der Waals surface area contributed by atoms with Gasteiger partial charge in [0, 0.05) is 17.9 Å². The molecule has 5 heteroatoms. The second-order valence-corrected chi connectivity index (χ2v) is 6.23. The first-order chi connectivity index (χ1) is 9.88. The molecule has 0 saturated heterocycles. The molecular weight excluding hydrogens is 266 g/mol. The SMILES string of the molecule is Cc1cc(N)ccc1NC(=O)CN(C)CC1(O)CCCC1. The minimum absolute atomic E-state index is 0.0769. The van der Waals surface area contributed by atoms with E-state index in [1.807, 2.05) is 31.0 Å². The highest BCUT2D eigenvalue weighted by molar-refractivity contribution is 5.93. The molecule has 1 fully saturated rings. The van der Waals surface area contributed by atoms with Gasteiger partial charge >= 0.3 is 0 Å². The van der Waals surface area contributed by atoms with Crippen LogP contribution < -0.4 is 11.1 Å². The van der Waals surface area contributed by atoms with Gasteiger partial charge in [-0.1, -0.05) is 12.8 Å². The van der Waals surface area contributed by atoms with Crippen molar-refractivity contribution in [3.8, 4) is 0 Å². The van der Waals surface area contributed by atoms with Gasteiger partial charge < -0.3 is 16.2 Å². The van der Waals surface area contributed by atoms with E-state index in [9.17, 15) is 9.90 Å². The minimum Gasteiger partial charge on any atom is -0.399 e. The molecule has 1 saturated carbocycles. The Labute approximate surface area is 126 Å². The van der Waals surface area contributed by atoms with Gasteiger partial charge in [-0.15, -0.1) is 0 Å². The molecule has 0 heterocycles. The number of anilines is 2. The summed E-state index contributed by atoms with van der Waals surface area (Å²) in [5.74, 6) is -0.0769. The summed E-state index contributed by atoms with van der Waals surface area (Å²) in [6.07, 6.45) is 3.80. The number of amides is 1. The topological polar surface area (TPSA) is 78.6 Å². The van der Waals surface area contributed by atoms with Crippen molar-refractivity contribution in [2.45, 2.75) is 38.2 Å². The molecule has 1 aromatic carbocycles. The van der Waals surface area contributed by atoms with Crippen LogP contribution in [-0.4, -0.2) is 41.7 Å². The first-order valence-electron chi connectivity index (χ1n) is 7.45. The van der Waals surface area contributed by atoms with Gasteiger partial charge in [0.2, 0.25) is 5.91 Å². The molecule has 0 aliphatic heterocycles. The fraction of sp³-hybridized carbons (Fsp3) is 0.562. The van der Waals surface area contributed by atoms with Gasteiger partial charge in [-0.25, -0.2) is 0 Å². The van der Waals surface area contributed by atoms with Gasteiger partial charge in [0.25, 0.3) is 0 Å². The fourth-order valence-electron chi connectivity index (χ4n) is 3.01. The number of nitrogens with one attached hydrogen (secondary N) is 1. The van der Waals surface area contributed by atoms with Gasteiger partial charge in [0.15, 0.2) is 0 Å². The molecule has 2 rings (SSSR count). The third-order valence-electron chi connectivity index (χ3n) is 4.04. The van der Waals surface area contributed by atoms with Gasteiger partial charge in [-0.2, -0.15) is 0 Å². The molecule has 1 aliphatic rings. The monoisotopic (exact) mass is 291 g/mol. The number of benzene rings is 1. The maximum atomic E-state index is 12.1. The number of aryl methyl sites for hydroxylation is 1. The predicted octanol–water partition coefficient (Wildman–Crippen LogP) is 1.75. The predicted molar refractivity (Wildman–Crippen MR) is 85.1 cm³/mol. The number of nitrogens with zero attached hydrogens (tertiary/aromatic N) is 1. The normalized spacial score (nSPS) is 17.1. The highest BCUT2D eigenvalue weighted by Crippen LogP contribution is 2.29. The molecule has 0 bridgehead atoms. The summed E-state index contributed by atoms with van der Waals surface area (Å²) in [6.45, 7) is 2.73. The van der Waals surface area contributed by atoms with Crippen LogP contribution in [0.2, 0.25) is 0 Å². The van der Waals surface area contributed by atoms with E-state index in [0.717, 1.165) is 36.9 Å². The molecule has 1 aromatic rings. The summed E-state index contributed by atoms with van der Waals surface area (Å²) < 4.78 is 0. The van der Waals surface area contributed by atoms with Crippen molar-refractivity contribution in [2.24, 2.45) is 0 Å². The molecule has 0 atom stereocenters. The zero-order chi connectivity index (χ0) is 15.5. The standard InChI is InChI=1S/C16H25N3O2/c1-12-9-13(17)5-6-14(12)18-15(20)10-19(2)11-16(21)7-3-4-8-16/h5-6,9,21H,3-4,7-8,10-11,17H2,1-2H3,(H,18,20). The van der Waals surface area contributed by atoms with Crippen LogP contribution in [-0.2, 0) is 4.79 Å². The van der Waals surface area contributed by atoms with E-state index < -0.39 is 5.60 Å². The van der Waals surface area contributed by atoms with E-state index in [-0.39, 0.29) is 12.5 Å². The molecule has 0 aromatic heterocycles. The summed E-state index contributed by atoms with van der Waals surface area (Å²) in [4.78, 5) is 14.0. The summed E-state index contributed by atoms with van der Waals surface area (Å²) in [5, 5.41) is 13.2.